The summed E-state index contributed by atoms with van der Waals surface area (Å²) in [5, 5.41) is 0. The molecule has 2 heteroatoms. The van der Waals surface area contributed by atoms with Gasteiger partial charge in [0.15, 0.2) is 0 Å². The Morgan fingerprint density at radius 3 is 2.60 bits per heavy atom. The fraction of sp³-hybridized carbons (Fsp3) is 0.231. The molecule has 0 aliphatic rings. The van der Waals surface area contributed by atoms with Gasteiger partial charge in [-0.15, -0.1) is 6.58 Å². The van der Waals surface area contributed by atoms with Gasteiger partial charge in [-0.2, -0.15) is 0 Å². The van der Waals surface area contributed by atoms with E-state index in [0.29, 0.717) is 19.6 Å². The van der Waals surface area contributed by atoms with Gasteiger partial charge >= 0.3 is 0 Å². The summed E-state index contributed by atoms with van der Waals surface area (Å²) in [6.07, 6.45) is 2.45. The molecule has 80 valence electrons. The second kappa shape index (κ2) is 6.71. The lowest BCUT2D eigenvalue weighted by Gasteiger charge is -2.08. The van der Waals surface area contributed by atoms with Crippen molar-refractivity contribution in [3.63, 3.8) is 0 Å². The molecule has 0 heterocycles. The Labute approximate surface area is 90.8 Å². The van der Waals surface area contributed by atoms with Gasteiger partial charge in [0.1, 0.15) is 19.0 Å². The topological polar surface area (TPSA) is 18.5 Å². The van der Waals surface area contributed by atoms with Crippen LogP contribution in [0.25, 0.3) is 0 Å². The molecule has 1 rings (SSSR count). The zero-order chi connectivity index (χ0) is 10.9. The van der Waals surface area contributed by atoms with E-state index in [2.05, 4.69) is 13.2 Å². The second-order valence-electron chi connectivity index (χ2n) is 3.04. The number of hydrogen-bond donors (Lipinski definition) is 0. The predicted octanol–water partition coefficient (Wildman–Crippen LogP) is 3.17. The van der Waals surface area contributed by atoms with Crippen molar-refractivity contribution in [1.82, 2.24) is 0 Å². The molecule has 0 amide bonds. The van der Waals surface area contributed by atoms with Crippen LogP contribution in [0.5, 0.6) is 5.75 Å². The van der Waals surface area contributed by atoms with E-state index in [4.69, 9.17) is 9.47 Å². The molecule has 0 spiro atoms. The first-order chi connectivity index (χ1) is 7.33. The van der Waals surface area contributed by atoms with Crippen molar-refractivity contribution in [2.24, 2.45) is 0 Å². The summed E-state index contributed by atoms with van der Waals surface area (Å²) in [5.74, 6) is 1.58. The minimum absolute atomic E-state index is 0.515. The van der Waals surface area contributed by atoms with E-state index in [0.717, 1.165) is 11.5 Å². The lowest BCUT2D eigenvalue weighted by molar-refractivity contribution is 0.154. The third kappa shape index (κ3) is 4.91. The van der Waals surface area contributed by atoms with E-state index in [1.807, 2.05) is 30.3 Å². The van der Waals surface area contributed by atoms with Crippen LogP contribution in [0.2, 0.25) is 0 Å². The number of rotatable bonds is 7. The third-order valence-electron chi connectivity index (χ3n) is 1.77. The molecule has 0 N–H and O–H groups in total. The Morgan fingerprint density at radius 1 is 1.20 bits per heavy atom. The maximum atomic E-state index is 5.44. The van der Waals surface area contributed by atoms with Gasteiger partial charge in [0, 0.05) is 6.42 Å². The zero-order valence-electron chi connectivity index (χ0n) is 8.82. The fourth-order valence-corrected chi connectivity index (χ4v) is 1.08. The Balaban J connectivity index is 2.12. The summed E-state index contributed by atoms with van der Waals surface area (Å²) < 4.78 is 10.8. The monoisotopic (exact) mass is 204 g/mol. The molecule has 0 unspecified atom stereocenters. The van der Waals surface area contributed by atoms with E-state index in [9.17, 15) is 0 Å². The minimum Gasteiger partial charge on any atom is -0.495 e. The molecule has 15 heavy (non-hydrogen) atoms. The summed E-state index contributed by atoms with van der Waals surface area (Å²) in [6, 6.07) is 9.66. The Morgan fingerprint density at radius 2 is 1.93 bits per heavy atom. The summed E-state index contributed by atoms with van der Waals surface area (Å²) in [6.45, 7) is 8.39. The Hall–Kier alpha value is -1.70. The van der Waals surface area contributed by atoms with Crippen LogP contribution < -0.4 is 4.74 Å². The summed E-state index contributed by atoms with van der Waals surface area (Å²) in [4.78, 5) is 0. The first-order valence-electron chi connectivity index (χ1n) is 4.92. The van der Waals surface area contributed by atoms with Gasteiger partial charge in [-0.3, -0.25) is 0 Å². The molecular weight excluding hydrogens is 188 g/mol. The van der Waals surface area contributed by atoms with Crippen LogP contribution in [0, 0.1) is 0 Å². The second-order valence-corrected chi connectivity index (χ2v) is 3.04. The molecule has 2 nitrogen and oxygen atoms in total. The molecule has 0 atom stereocenters. The molecule has 0 radical (unpaired) electrons. The van der Waals surface area contributed by atoms with Gasteiger partial charge < -0.3 is 9.47 Å². The molecule has 0 aromatic heterocycles. The van der Waals surface area contributed by atoms with E-state index in [1.54, 1.807) is 6.08 Å². The van der Waals surface area contributed by atoms with E-state index >= 15 is 0 Å². The molecular formula is C13H16O2. The van der Waals surface area contributed by atoms with Crippen LogP contribution in [0.1, 0.15) is 6.42 Å². The normalized spacial score (nSPS) is 9.33. The summed E-state index contributed by atoms with van der Waals surface area (Å²) in [5.41, 5.74) is 0. The van der Waals surface area contributed by atoms with Gasteiger partial charge in [-0.05, 0) is 12.1 Å². The van der Waals surface area contributed by atoms with Crippen molar-refractivity contribution in [2.45, 2.75) is 6.42 Å². The largest absolute Gasteiger partial charge is 0.495 e. The van der Waals surface area contributed by atoms with Crippen LogP contribution in [0.15, 0.2) is 55.3 Å². The number of hydrogen-bond acceptors (Lipinski definition) is 2. The molecule has 0 fully saturated rings. The minimum atomic E-state index is 0.515. The van der Waals surface area contributed by atoms with Crippen molar-refractivity contribution in [1.29, 1.82) is 0 Å². The van der Waals surface area contributed by atoms with Crippen LogP contribution in [-0.4, -0.2) is 13.2 Å². The zero-order valence-corrected chi connectivity index (χ0v) is 8.82. The number of allylic oxidation sites excluding steroid dienone is 1. The highest BCUT2D eigenvalue weighted by atomic mass is 16.5. The van der Waals surface area contributed by atoms with Crippen LogP contribution >= 0.6 is 0 Å². The number of ether oxygens (including phenoxy) is 2. The van der Waals surface area contributed by atoms with Gasteiger partial charge in [-0.1, -0.05) is 30.9 Å². The van der Waals surface area contributed by atoms with Crippen molar-refractivity contribution in [3.05, 3.63) is 55.3 Å². The average molecular weight is 204 g/mol. The number of benzene rings is 1. The third-order valence-corrected chi connectivity index (χ3v) is 1.77. The molecule has 0 aliphatic carbocycles. The highest BCUT2D eigenvalue weighted by molar-refractivity contribution is 5.20. The van der Waals surface area contributed by atoms with Crippen molar-refractivity contribution in [3.8, 4) is 5.75 Å². The standard InChI is InChI=1S/C13H16O2/c1-3-7-12(2)14-10-11-15-13-8-5-4-6-9-13/h3-6,8-9H,1-2,7,10-11H2. The van der Waals surface area contributed by atoms with Crippen molar-refractivity contribution >= 4 is 0 Å². The molecule has 0 saturated carbocycles. The Kier molecular flexibility index (Phi) is 5.09. The van der Waals surface area contributed by atoms with E-state index in [-0.39, 0.29) is 0 Å². The smallest absolute Gasteiger partial charge is 0.122 e. The quantitative estimate of drug-likeness (QED) is 0.386. The van der Waals surface area contributed by atoms with Crippen molar-refractivity contribution in [2.75, 3.05) is 13.2 Å². The summed E-state index contributed by atoms with van der Waals surface area (Å²) in [7, 11) is 0. The molecule has 1 aromatic rings. The van der Waals surface area contributed by atoms with Crippen LogP contribution in [0.3, 0.4) is 0 Å². The highest BCUT2D eigenvalue weighted by Crippen LogP contribution is 2.08. The van der Waals surface area contributed by atoms with Gasteiger partial charge in [0.2, 0.25) is 0 Å². The first-order valence-corrected chi connectivity index (χ1v) is 4.92. The van der Waals surface area contributed by atoms with Gasteiger partial charge in [-0.25, -0.2) is 0 Å². The SMILES string of the molecule is C=CCC(=C)OCCOc1ccccc1. The molecule has 1 aromatic carbocycles. The lowest BCUT2D eigenvalue weighted by atomic mass is 10.3. The maximum absolute atomic E-state index is 5.44. The first kappa shape index (κ1) is 11.4. The van der Waals surface area contributed by atoms with Gasteiger partial charge in [0.05, 0.1) is 5.76 Å². The fourth-order valence-electron chi connectivity index (χ4n) is 1.08. The average Bonchev–Trinajstić information content (AvgIpc) is 2.26. The molecule has 0 bridgehead atoms. The Bertz CT molecular complexity index is 304. The molecule has 0 saturated heterocycles. The maximum Gasteiger partial charge on any atom is 0.122 e. The van der Waals surface area contributed by atoms with E-state index < -0.39 is 0 Å². The highest BCUT2D eigenvalue weighted by Gasteiger charge is 1.93. The molecule has 0 aliphatic heterocycles. The lowest BCUT2D eigenvalue weighted by Crippen LogP contribution is -2.05. The summed E-state index contributed by atoms with van der Waals surface area (Å²) >= 11 is 0. The van der Waals surface area contributed by atoms with Gasteiger partial charge in [0.25, 0.3) is 0 Å². The van der Waals surface area contributed by atoms with Crippen molar-refractivity contribution < 1.29 is 9.47 Å². The van der Waals surface area contributed by atoms with Crippen LogP contribution in [0.4, 0.5) is 0 Å². The van der Waals surface area contributed by atoms with Crippen LogP contribution in [-0.2, 0) is 4.74 Å². The van der Waals surface area contributed by atoms with E-state index in [1.165, 1.54) is 0 Å². The number of para-hydroxylation sites is 1. The predicted molar refractivity (Wildman–Crippen MR) is 61.8 cm³/mol.